The number of carbonyl (C=O) groups is 1. The second kappa shape index (κ2) is 5.79. The molecule has 2 rings (SSSR count). The molecule has 102 valence electrons. The van der Waals surface area contributed by atoms with Crippen molar-refractivity contribution in [3.8, 4) is 0 Å². The van der Waals surface area contributed by atoms with Crippen molar-refractivity contribution in [3.05, 3.63) is 39.9 Å². The Bertz CT molecular complexity index is 484. The first-order valence-electron chi connectivity index (χ1n) is 6.33. The highest BCUT2D eigenvalue weighted by atomic mass is 16.6. The maximum absolute atomic E-state index is 12.1. The van der Waals surface area contributed by atoms with Gasteiger partial charge in [0.1, 0.15) is 0 Å². The Morgan fingerprint density at radius 3 is 3.00 bits per heavy atom. The van der Waals surface area contributed by atoms with Crippen molar-refractivity contribution in [2.45, 2.75) is 25.3 Å². The minimum absolute atomic E-state index is 0.0136. The molecule has 1 unspecified atom stereocenters. The van der Waals surface area contributed by atoms with Gasteiger partial charge in [0, 0.05) is 24.7 Å². The summed E-state index contributed by atoms with van der Waals surface area (Å²) in [5.41, 5.74) is 0.678. The number of hydrogen-bond acceptors (Lipinski definition) is 4. The number of nitro groups is 1. The molecule has 0 saturated carbocycles. The maximum Gasteiger partial charge on any atom is 0.269 e. The first kappa shape index (κ1) is 13.5. The Morgan fingerprint density at radius 2 is 2.37 bits per heavy atom. The number of rotatable bonds is 4. The number of hydrogen-bond donors (Lipinski definition) is 2. The lowest BCUT2D eigenvalue weighted by molar-refractivity contribution is -0.384. The van der Waals surface area contributed by atoms with Gasteiger partial charge in [-0.25, -0.2) is 0 Å². The summed E-state index contributed by atoms with van der Waals surface area (Å²) in [6, 6.07) is 6.39. The molecule has 1 heterocycles. The van der Waals surface area contributed by atoms with Crippen molar-refractivity contribution in [2.75, 3.05) is 13.1 Å². The minimum atomic E-state index is -0.449. The van der Waals surface area contributed by atoms with Gasteiger partial charge in [-0.3, -0.25) is 14.9 Å². The van der Waals surface area contributed by atoms with Gasteiger partial charge in [-0.1, -0.05) is 12.1 Å². The van der Waals surface area contributed by atoms with Crippen molar-refractivity contribution >= 4 is 11.6 Å². The van der Waals surface area contributed by atoms with Crippen LogP contribution in [0.1, 0.15) is 24.8 Å². The van der Waals surface area contributed by atoms with Gasteiger partial charge in [-0.05, 0) is 25.5 Å². The summed E-state index contributed by atoms with van der Waals surface area (Å²) in [6.07, 6.45) is 0.924. The molecule has 1 aromatic rings. The first-order valence-corrected chi connectivity index (χ1v) is 6.33. The van der Waals surface area contributed by atoms with Crippen LogP contribution in [0.25, 0.3) is 0 Å². The Kier molecular flexibility index (Phi) is 4.11. The molecule has 1 aliphatic rings. The molecule has 0 bridgehead atoms. The van der Waals surface area contributed by atoms with E-state index in [9.17, 15) is 14.9 Å². The Balaban J connectivity index is 2.05. The third kappa shape index (κ3) is 3.29. The molecule has 19 heavy (non-hydrogen) atoms. The predicted molar refractivity (Wildman–Crippen MR) is 70.9 cm³/mol. The maximum atomic E-state index is 12.1. The molecular weight excluding hydrogens is 246 g/mol. The zero-order chi connectivity index (χ0) is 13.8. The molecule has 1 amide bonds. The van der Waals surface area contributed by atoms with E-state index < -0.39 is 4.92 Å². The fourth-order valence-corrected chi connectivity index (χ4v) is 2.16. The van der Waals surface area contributed by atoms with Crippen LogP contribution in [0.4, 0.5) is 5.69 Å². The van der Waals surface area contributed by atoms with E-state index in [4.69, 9.17) is 0 Å². The van der Waals surface area contributed by atoms with E-state index in [1.807, 2.05) is 0 Å². The van der Waals surface area contributed by atoms with Gasteiger partial charge in [-0.2, -0.15) is 0 Å². The molecule has 0 spiro atoms. The van der Waals surface area contributed by atoms with Crippen LogP contribution >= 0.6 is 0 Å². The number of benzene rings is 1. The van der Waals surface area contributed by atoms with E-state index in [2.05, 4.69) is 10.6 Å². The highest BCUT2D eigenvalue weighted by Gasteiger charge is 2.22. The number of nitrogens with zero attached hydrogens (tertiary/aromatic N) is 1. The van der Waals surface area contributed by atoms with Crippen LogP contribution in [-0.4, -0.2) is 30.0 Å². The Labute approximate surface area is 111 Å². The number of nitro benzene ring substituents is 1. The SMILES string of the molecule is CC(C(=O)N[C@@H]1CCNC1)c1cccc([N+](=O)[O-])c1. The normalized spacial score (nSPS) is 19.9. The van der Waals surface area contributed by atoms with Crippen LogP contribution in [0.3, 0.4) is 0 Å². The summed E-state index contributed by atoms with van der Waals surface area (Å²) in [5.74, 6) is -0.477. The lowest BCUT2D eigenvalue weighted by Crippen LogP contribution is -2.38. The lowest BCUT2D eigenvalue weighted by atomic mass is 9.99. The molecular formula is C13H17N3O3. The van der Waals surface area contributed by atoms with E-state index in [1.165, 1.54) is 12.1 Å². The molecule has 6 nitrogen and oxygen atoms in total. The molecule has 1 fully saturated rings. The molecule has 2 N–H and O–H groups in total. The van der Waals surface area contributed by atoms with Crippen molar-refractivity contribution < 1.29 is 9.72 Å². The van der Waals surface area contributed by atoms with Crippen molar-refractivity contribution in [1.29, 1.82) is 0 Å². The van der Waals surface area contributed by atoms with Crippen molar-refractivity contribution in [2.24, 2.45) is 0 Å². The predicted octanol–water partition coefficient (Wildman–Crippen LogP) is 1.18. The summed E-state index contributed by atoms with van der Waals surface area (Å²) in [5, 5.41) is 16.9. The van der Waals surface area contributed by atoms with Crippen LogP contribution in [0.5, 0.6) is 0 Å². The second-order valence-electron chi connectivity index (χ2n) is 4.77. The second-order valence-corrected chi connectivity index (χ2v) is 4.77. The van der Waals surface area contributed by atoms with Gasteiger partial charge < -0.3 is 10.6 Å². The van der Waals surface area contributed by atoms with Gasteiger partial charge in [0.15, 0.2) is 0 Å². The Morgan fingerprint density at radius 1 is 1.58 bits per heavy atom. The molecule has 1 saturated heterocycles. The van der Waals surface area contributed by atoms with E-state index in [0.29, 0.717) is 5.56 Å². The average Bonchev–Trinajstić information content (AvgIpc) is 2.90. The quantitative estimate of drug-likeness (QED) is 0.631. The monoisotopic (exact) mass is 263 g/mol. The third-order valence-electron chi connectivity index (χ3n) is 3.38. The van der Waals surface area contributed by atoms with Gasteiger partial charge in [0.05, 0.1) is 10.8 Å². The van der Waals surface area contributed by atoms with Crippen LogP contribution in [0.15, 0.2) is 24.3 Å². The Hall–Kier alpha value is -1.95. The van der Waals surface area contributed by atoms with Gasteiger partial charge in [0.25, 0.3) is 5.69 Å². The smallest absolute Gasteiger partial charge is 0.269 e. The topological polar surface area (TPSA) is 84.3 Å². The molecule has 0 aromatic heterocycles. The van der Waals surface area contributed by atoms with Crippen molar-refractivity contribution in [3.63, 3.8) is 0 Å². The highest BCUT2D eigenvalue weighted by molar-refractivity contribution is 5.83. The van der Waals surface area contributed by atoms with Gasteiger partial charge >= 0.3 is 0 Å². The van der Waals surface area contributed by atoms with E-state index >= 15 is 0 Å². The zero-order valence-corrected chi connectivity index (χ0v) is 10.8. The van der Waals surface area contributed by atoms with Crippen LogP contribution in [-0.2, 0) is 4.79 Å². The molecule has 1 aliphatic heterocycles. The number of amides is 1. The summed E-state index contributed by atoms with van der Waals surface area (Å²) in [6.45, 7) is 3.46. The summed E-state index contributed by atoms with van der Waals surface area (Å²) < 4.78 is 0. The number of nitrogens with one attached hydrogen (secondary N) is 2. The standard InChI is InChI=1S/C13H17N3O3/c1-9(13(17)15-11-5-6-14-8-11)10-3-2-4-12(7-10)16(18)19/h2-4,7,9,11,14H,5-6,8H2,1H3,(H,15,17)/t9?,11-/m1/s1. The van der Waals surface area contributed by atoms with Crippen LogP contribution < -0.4 is 10.6 Å². The largest absolute Gasteiger partial charge is 0.352 e. The number of carbonyl (C=O) groups excluding carboxylic acids is 1. The fourth-order valence-electron chi connectivity index (χ4n) is 2.16. The lowest BCUT2D eigenvalue weighted by Gasteiger charge is -2.16. The minimum Gasteiger partial charge on any atom is -0.352 e. The van der Waals surface area contributed by atoms with Crippen LogP contribution in [0, 0.1) is 10.1 Å². The van der Waals surface area contributed by atoms with Gasteiger partial charge in [-0.15, -0.1) is 0 Å². The fraction of sp³-hybridized carbons (Fsp3) is 0.462. The third-order valence-corrected chi connectivity index (χ3v) is 3.38. The van der Waals surface area contributed by atoms with E-state index in [-0.39, 0.29) is 23.6 Å². The number of non-ortho nitro benzene ring substituents is 1. The zero-order valence-electron chi connectivity index (χ0n) is 10.8. The summed E-state index contributed by atoms with van der Waals surface area (Å²) >= 11 is 0. The molecule has 2 atom stereocenters. The first-order chi connectivity index (χ1) is 9.08. The molecule has 1 aromatic carbocycles. The van der Waals surface area contributed by atoms with E-state index in [0.717, 1.165) is 19.5 Å². The van der Waals surface area contributed by atoms with Crippen LogP contribution in [0.2, 0.25) is 0 Å². The average molecular weight is 263 g/mol. The molecule has 6 heteroatoms. The molecule has 0 radical (unpaired) electrons. The summed E-state index contributed by atoms with van der Waals surface area (Å²) in [7, 11) is 0. The van der Waals surface area contributed by atoms with Crippen molar-refractivity contribution in [1.82, 2.24) is 10.6 Å². The van der Waals surface area contributed by atoms with E-state index in [1.54, 1.807) is 19.1 Å². The van der Waals surface area contributed by atoms with Gasteiger partial charge in [0.2, 0.25) is 5.91 Å². The highest BCUT2D eigenvalue weighted by Crippen LogP contribution is 2.21. The molecule has 0 aliphatic carbocycles. The summed E-state index contributed by atoms with van der Waals surface area (Å²) in [4.78, 5) is 22.3.